The van der Waals surface area contributed by atoms with Gasteiger partial charge in [0.15, 0.2) is 10.8 Å². The van der Waals surface area contributed by atoms with E-state index in [1.807, 2.05) is 84.6 Å². The van der Waals surface area contributed by atoms with Crippen LogP contribution in [0.3, 0.4) is 0 Å². The van der Waals surface area contributed by atoms with Gasteiger partial charge < -0.3 is 24.5 Å². The summed E-state index contributed by atoms with van der Waals surface area (Å²) in [7, 11) is 0. The van der Waals surface area contributed by atoms with Gasteiger partial charge >= 0.3 is 5.97 Å². The zero-order valence-corrected chi connectivity index (χ0v) is 43.7. The van der Waals surface area contributed by atoms with Gasteiger partial charge in [-0.05, 0) is 141 Å². The summed E-state index contributed by atoms with van der Waals surface area (Å²) in [6.45, 7) is 6.75. The van der Waals surface area contributed by atoms with Crippen LogP contribution in [0.4, 0.5) is 21.0 Å². The molecule has 0 radical (unpaired) electrons. The van der Waals surface area contributed by atoms with E-state index in [1.54, 1.807) is 9.80 Å². The van der Waals surface area contributed by atoms with Crippen LogP contribution in [0.25, 0.3) is 21.3 Å². The van der Waals surface area contributed by atoms with Crippen molar-refractivity contribution in [1.82, 2.24) is 30.0 Å². The van der Waals surface area contributed by atoms with E-state index in [0.717, 1.165) is 82.2 Å². The van der Waals surface area contributed by atoms with E-state index in [-0.39, 0.29) is 52.6 Å². The van der Waals surface area contributed by atoms with Gasteiger partial charge in [-0.2, -0.15) is 0 Å². The van der Waals surface area contributed by atoms with Crippen LogP contribution in [0.5, 0.6) is 5.75 Å². The van der Waals surface area contributed by atoms with Gasteiger partial charge in [0.05, 0.1) is 40.2 Å². The summed E-state index contributed by atoms with van der Waals surface area (Å²) in [6, 6.07) is 24.0. The Morgan fingerprint density at radius 1 is 0.821 bits per heavy atom. The minimum Gasteiger partial charge on any atom is -0.493 e. The number of pyridine rings is 1. The topological polar surface area (TPSA) is 215 Å². The second kappa shape index (κ2) is 20.4. The van der Waals surface area contributed by atoms with Gasteiger partial charge in [0.25, 0.3) is 17.7 Å². The second-order valence-corrected chi connectivity index (χ2v) is 22.4. The number of anilines is 3. The molecule has 1 spiro atoms. The maximum Gasteiger partial charge on any atom is 0.355 e. The van der Waals surface area contributed by atoms with Crippen molar-refractivity contribution in [2.45, 2.75) is 64.5 Å². The largest absolute Gasteiger partial charge is 0.493 e. The number of halogens is 1. The number of carbonyl (C=O) groups excluding carboxylic acids is 6. The lowest BCUT2D eigenvalue weighted by Gasteiger charge is -2.52. The number of aromatic carboxylic acids is 1. The SMILES string of the molecule is Cc1c(OCC2CC3(CCN(CC(=O)N4CCN(c5cc6c(cc5F)C(=O)N([C@H]5CCC(=O)NC5=O)C6=O)CC4)CC3)C2)cccc1-c1ccc(N2CCc3cccc(C(=O)Nc4nc5ccccc5s4)c3C2)nc1C(=O)O. The van der Waals surface area contributed by atoms with E-state index in [4.69, 9.17) is 9.72 Å². The number of piperidine rings is 2. The Morgan fingerprint density at radius 3 is 2.33 bits per heavy atom. The number of para-hydroxylation sites is 1. The number of nitrogens with zero attached hydrogens (tertiary/aromatic N) is 7. The number of thiazole rings is 1. The number of amides is 6. The number of likely N-dealkylation sites (tertiary alicyclic amines) is 1. The molecule has 6 aliphatic rings. The van der Waals surface area contributed by atoms with Gasteiger partial charge in [0, 0.05) is 56.8 Å². The van der Waals surface area contributed by atoms with Crippen molar-refractivity contribution in [2.75, 3.05) is 74.1 Å². The fourth-order valence-corrected chi connectivity index (χ4v) is 13.3. The zero-order chi connectivity index (χ0) is 54.0. The number of carboxylic acids is 1. The summed E-state index contributed by atoms with van der Waals surface area (Å²) in [5, 5.41) is 16.2. The Hall–Kier alpha value is -8.10. The zero-order valence-electron chi connectivity index (χ0n) is 42.9. The monoisotopic (exact) mass is 1070 g/mol. The third kappa shape index (κ3) is 9.50. The first-order valence-corrected chi connectivity index (χ1v) is 27.3. The molecule has 20 heteroatoms. The van der Waals surface area contributed by atoms with Gasteiger partial charge in [-0.3, -0.25) is 49.2 Å². The molecule has 4 fully saturated rings. The number of nitrogens with one attached hydrogen (secondary N) is 2. The van der Waals surface area contributed by atoms with Gasteiger partial charge in [-0.25, -0.2) is 19.2 Å². The fraction of sp³-hybridized carbons (Fsp3) is 0.362. The van der Waals surface area contributed by atoms with Crippen molar-refractivity contribution in [3.05, 3.63) is 130 Å². The highest BCUT2D eigenvalue weighted by Gasteiger charge is 2.47. The minimum absolute atomic E-state index is 0.00437. The van der Waals surface area contributed by atoms with Crippen LogP contribution in [0.1, 0.15) is 96.8 Å². The third-order valence-corrected chi connectivity index (χ3v) is 17.6. The summed E-state index contributed by atoms with van der Waals surface area (Å²) >= 11 is 1.42. The molecule has 5 aliphatic heterocycles. The predicted octanol–water partition coefficient (Wildman–Crippen LogP) is 6.94. The number of hydrogen-bond acceptors (Lipinski definition) is 14. The predicted molar refractivity (Wildman–Crippen MR) is 288 cm³/mol. The van der Waals surface area contributed by atoms with E-state index in [2.05, 4.69) is 20.5 Å². The molecule has 1 atom stereocenters. The van der Waals surface area contributed by atoms with Gasteiger partial charge in [0.1, 0.15) is 23.4 Å². The van der Waals surface area contributed by atoms with E-state index in [1.165, 1.54) is 17.4 Å². The average molecular weight is 1070 g/mol. The van der Waals surface area contributed by atoms with Gasteiger partial charge in [0.2, 0.25) is 17.7 Å². The number of fused-ring (bicyclic) bond motifs is 3. The van der Waals surface area contributed by atoms with E-state index >= 15 is 4.39 Å². The molecule has 1 aliphatic carbocycles. The molecule has 7 heterocycles. The number of hydrogen-bond donors (Lipinski definition) is 3. The quantitative estimate of drug-likeness (QED) is 0.106. The standard InChI is InChI=1S/C58H56FN9O9S/c1-33-36(37-12-14-48(61-51(37)56(75)76)67-19-16-35-6-4-8-38(41(35)30-67)52(71)63-57-60-43-9-2-3-11-47(43)78-57)7-5-10-46(33)77-32-34-28-58(29-34)17-20-64(21-18-58)31-50(70)66-24-22-65(23-25-66)45-27-40-39(26-42(45)59)54(73)68(55(40)74)44-13-15-49(69)62-53(44)72/h2-12,14,26-27,34,44H,13,15-25,28-32H2,1H3,(H,75,76)(H,60,63,71)(H,62,69,72)/t44-/m0/s1. The van der Waals surface area contributed by atoms with Crippen LogP contribution in [0, 0.1) is 24.1 Å². The van der Waals surface area contributed by atoms with Gasteiger partial charge in [-0.15, -0.1) is 0 Å². The highest BCUT2D eigenvalue weighted by Crippen LogP contribution is 2.53. The molecule has 78 heavy (non-hydrogen) atoms. The third-order valence-electron chi connectivity index (χ3n) is 16.7. The lowest BCUT2D eigenvalue weighted by molar-refractivity contribution is -0.136. The molecule has 18 nitrogen and oxygen atoms in total. The number of aromatic nitrogens is 2. The molecule has 0 bridgehead atoms. The summed E-state index contributed by atoms with van der Waals surface area (Å²) in [5.41, 5.74) is 5.50. The van der Waals surface area contributed by atoms with Crippen LogP contribution >= 0.6 is 11.3 Å². The Balaban J connectivity index is 0.615. The first-order valence-electron chi connectivity index (χ1n) is 26.5. The van der Waals surface area contributed by atoms with Crippen molar-refractivity contribution in [1.29, 1.82) is 0 Å². The first-order chi connectivity index (χ1) is 37.7. The molecular weight excluding hydrogens is 1020 g/mol. The molecule has 0 unspecified atom stereocenters. The van der Waals surface area contributed by atoms with Crippen molar-refractivity contribution in [3.63, 3.8) is 0 Å². The van der Waals surface area contributed by atoms with Crippen molar-refractivity contribution in [2.24, 2.45) is 11.3 Å². The maximum atomic E-state index is 15.5. The fourth-order valence-electron chi connectivity index (χ4n) is 12.4. The number of benzene rings is 4. The van der Waals surface area contributed by atoms with Crippen LogP contribution in [0.15, 0.2) is 84.9 Å². The summed E-state index contributed by atoms with van der Waals surface area (Å²) in [4.78, 5) is 109. The number of carboxylic acid groups (broad SMARTS) is 1. The molecular formula is C58H56FN9O9S. The Kier molecular flexibility index (Phi) is 13.2. The van der Waals surface area contributed by atoms with Crippen molar-refractivity contribution in [3.8, 4) is 16.9 Å². The summed E-state index contributed by atoms with van der Waals surface area (Å²) < 4.78 is 23.0. The smallest absolute Gasteiger partial charge is 0.355 e. The van der Waals surface area contributed by atoms with Crippen molar-refractivity contribution >= 4 is 79.6 Å². The van der Waals surface area contributed by atoms with Gasteiger partial charge in [-0.1, -0.05) is 47.7 Å². The van der Waals surface area contributed by atoms with Crippen LogP contribution in [-0.4, -0.2) is 136 Å². The number of rotatable bonds is 12. The van der Waals surface area contributed by atoms with Crippen molar-refractivity contribution < 1.29 is 47.8 Å². The molecule has 400 valence electrons. The highest BCUT2D eigenvalue weighted by atomic mass is 32.1. The molecule has 3 saturated heterocycles. The lowest BCUT2D eigenvalue weighted by atomic mass is 9.58. The maximum absolute atomic E-state index is 15.5. The van der Waals surface area contributed by atoms with E-state index in [9.17, 15) is 38.7 Å². The molecule has 4 aromatic carbocycles. The van der Waals surface area contributed by atoms with Crippen LogP contribution in [0.2, 0.25) is 0 Å². The molecule has 3 N–H and O–H groups in total. The van der Waals surface area contributed by atoms with E-state index in [0.29, 0.717) is 92.6 Å². The molecule has 6 aromatic rings. The minimum atomic E-state index is -1.15. The van der Waals surface area contributed by atoms with Crippen LogP contribution < -0.4 is 25.2 Å². The molecule has 12 rings (SSSR count). The average Bonchev–Trinajstić information content (AvgIpc) is 4.14. The molecule has 2 aromatic heterocycles. The van der Waals surface area contributed by atoms with Crippen LogP contribution in [-0.2, 0) is 27.3 Å². The Bertz CT molecular complexity index is 3460. The lowest BCUT2D eigenvalue weighted by Crippen LogP contribution is -2.54. The molecule has 1 saturated carbocycles. The Labute approximate surface area is 452 Å². The van der Waals surface area contributed by atoms with E-state index < -0.39 is 41.5 Å². The number of imide groups is 2. The molecule has 6 amide bonds. The summed E-state index contributed by atoms with van der Waals surface area (Å²) in [6.07, 6.45) is 4.65. The summed E-state index contributed by atoms with van der Waals surface area (Å²) in [5.74, 6) is -3.18. The number of carbonyl (C=O) groups is 7. The Morgan fingerprint density at radius 2 is 1.58 bits per heavy atom. The highest BCUT2D eigenvalue weighted by molar-refractivity contribution is 7.22. The number of piperazine rings is 1. The normalized spacial score (nSPS) is 19.4. The first kappa shape index (κ1) is 50.7. The second-order valence-electron chi connectivity index (χ2n) is 21.4. The number of ether oxygens (including phenoxy) is 1.